The Hall–Kier alpha value is -1.40. The van der Waals surface area contributed by atoms with E-state index in [0.717, 1.165) is 0 Å². The third kappa shape index (κ3) is 2.25. The zero-order valence-electron chi connectivity index (χ0n) is 14.7. The van der Waals surface area contributed by atoms with E-state index in [-0.39, 0.29) is 11.8 Å². The van der Waals surface area contributed by atoms with E-state index in [2.05, 4.69) is 26.2 Å². The van der Waals surface area contributed by atoms with Gasteiger partial charge in [0.2, 0.25) is 25.5 Å². The molecule has 2 heterocycles. The number of hydrogen-bond acceptors (Lipinski definition) is 2. The third-order valence-corrected chi connectivity index (χ3v) is 5.31. The van der Waals surface area contributed by atoms with Crippen LogP contribution in [0, 0.1) is 5.92 Å². The number of carbonyl (C=O) groups is 2. The molecule has 0 bridgehead atoms. The summed E-state index contributed by atoms with van der Waals surface area (Å²) in [5, 5.41) is 0. The first kappa shape index (κ1) is 17.0. The maximum Gasteiger partial charge on any atom is 0.315 e. The van der Waals surface area contributed by atoms with Crippen LogP contribution < -0.4 is 0 Å². The molecule has 0 aliphatic carbocycles. The van der Waals surface area contributed by atoms with E-state index in [9.17, 15) is 9.59 Å². The molecule has 0 N–H and O–H groups in total. The first-order valence-corrected chi connectivity index (χ1v) is 8.19. The zero-order valence-corrected chi connectivity index (χ0v) is 14.7. The van der Waals surface area contributed by atoms with Crippen molar-refractivity contribution in [2.75, 3.05) is 40.3 Å². The van der Waals surface area contributed by atoms with Crippen LogP contribution in [0.25, 0.3) is 0 Å². The molecular weight excluding hydrogens is 280 g/mol. The van der Waals surface area contributed by atoms with Crippen molar-refractivity contribution in [1.29, 1.82) is 0 Å². The van der Waals surface area contributed by atoms with Crippen molar-refractivity contribution < 1.29 is 18.8 Å². The van der Waals surface area contributed by atoms with Crippen molar-refractivity contribution in [2.45, 2.75) is 33.9 Å². The van der Waals surface area contributed by atoms with Crippen molar-refractivity contribution in [3.63, 3.8) is 0 Å². The summed E-state index contributed by atoms with van der Waals surface area (Å²) in [5.74, 6) is 0.719. The highest BCUT2D eigenvalue weighted by Crippen LogP contribution is 2.58. The van der Waals surface area contributed by atoms with E-state index < -0.39 is 0 Å². The molecule has 2 atom stereocenters. The lowest BCUT2D eigenvalue weighted by atomic mass is 10.2. The zero-order chi connectivity index (χ0) is 16.7. The van der Waals surface area contributed by atoms with Crippen LogP contribution in [0.1, 0.15) is 27.7 Å². The van der Waals surface area contributed by atoms with E-state index in [1.54, 1.807) is 9.80 Å². The largest absolute Gasteiger partial charge is 0.341 e. The van der Waals surface area contributed by atoms with Crippen LogP contribution in [0.2, 0.25) is 0 Å². The number of quaternary nitrogens is 2. The van der Waals surface area contributed by atoms with Crippen molar-refractivity contribution in [2.24, 2.45) is 5.92 Å². The minimum atomic E-state index is 0.147. The van der Waals surface area contributed by atoms with Gasteiger partial charge in [-0.05, 0) is 13.8 Å². The first-order valence-electron chi connectivity index (χ1n) is 8.19. The molecule has 2 aliphatic heterocycles. The maximum atomic E-state index is 12.4. The highest BCUT2D eigenvalue weighted by Gasteiger charge is 2.87. The summed E-state index contributed by atoms with van der Waals surface area (Å²) in [6.45, 7) is 10.6. The molecule has 6 nitrogen and oxygen atoms in total. The lowest BCUT2D eigenvalue weighted by molar-refractivity contribution is -1.25. The van der Waals surface area contributed by atoms with Gasteiger partial charge in [-0.1, -0.05) is 23.0 Å². The van der Waals surface area contributed by atoms with Gasteiger partial charge in [0.1, 0.15) is 0 Å². The van der Waals surface area contributed by atoms with Crippen LogP contribution in [0.3, 0.4) is 0 Å². The molecule has 0 aromatic carbocycles. The van der Waals surface area contributed by atoms with E-state index >= 15 is 0 Å². The average molecular weight is 310 g/mol. The van der Waals surface area contributed by atoms with Crippen molar-refractivity contribution in [3.8, 4) is 0 Å². The molecule has 6 heteroatoms. The van der Waals surface area contributed by atoms with Gasteiger partial charge in [-0.3, -0.25) is 9.59 Å². The highest BCUT2D eigenvalue weighted by atomic mass is 16.2. The summed E-state index contributed by atoms with van der Waals surface area (Å²) in [6, 6.07) is 0. The number of nitrogens with zero attached hydrogens (tertiary/aromatic N) is 4. The SMILES string of the molecule is CCN(C)C(=O)C[N+]12C=C[N+]1(CC(=O)N(C)CC)C2C(C)C. The molecule has 22 heavy (non-hydrogen) atoms. The highest BCUT2D eigenvalue weighted by molar-refractivity contribution is 5.78. The minimum Gasteiger partial charge on any atom is -0.341 e. The van der Waals surface area contributed by atoms with Gasteiger partial charge in [-0.15, -0.1) is 0 Å². The Morgan fingerprint density at radius 1 is 0.955 bits per heavy atom. The van der Waals surface area contributed by atoms with Gasteiger partial charge in [0, 0.05) is 27.2 Å². The third-order valence-electron chi connectivity index (χ3n) is 5.31. The molecule has 2 amide bonds. The van der Waals surface area contributed by atoms with Gasteiger partial charge in [-0.25, -0.2) is 0 Å². The second-order valence-electron chi connectivity index (χ2n) is 6.86. The lowest BCUT2D eigenvalue weighted by Gasteiger charge is -2.25. The summed E-state index contributed by atoms with van der Waals surface area (Å²) in [4.78, 5) is 28.2. The molecule has 2 aliphatic rings. The summed E-state index contributed by atoms with van der Waals surface area (Å²) in [5.41, 5.74) is 0. The molecule has 0 saturated carbocycles. The summed E-state index contributed by atoms with van der Waals surface area (Å²) < 4.78 is 1.23. The number of fused-ring (bicyclic) bond motifs is 1. The van der Waals surface area contributed by atoms with Crippen molar-refractivity contribution in [1.82, 2.24) is 9.80 Å². The van der Waals surface area contributed by atoms with Crippen LogP contribution in [0.15, 0.2) is 12.4 Å². The standard InChI is InChI=1S/C16H30N4O2/c1-7-17(5)14(21)11-19-9-10-20(19,16(19)13(3)4)12-15(22)18(6)8-2/h9-10,13,16H,7-8,11-12H2,1-6H3/q+2. The van der Waals surface area contributed by atoms with Crippen LogP contribution in [-0.2, 0) is 9.59 Å². The fourth-order valence-electron chi connectivity index (χ4n) is 3.73. The van der Waals surface area contributed by atoms with E-state index in [4.69, 9.17) is 0 Å². The normalized spacial score (nSPS) is 31.5. The number of carbonyl (C=O) groups excluding carboxylic acids is 2. The first-order chi connectivity index (χ1) is 10.3. The Bertz CT molecular complexity index is 464. The van der Waals surface area contributed by atoms with E-state index in [0.29, 0.717) is 47.4 Å². The Balaban J connectivity index is 2.16. The molecule has 1 fully saturated rings. The Kier molecular flexibility index (Phi) is 4.37. The average Bonchev–Trinajstić information content (AvgIpc) is 2.87. The van der Waals surface area contributed by atoms with Gasteiger partial charge >= 0.3 is 6.17 Å². The number of hydrogen-bond donors (Lipinski definition) is 0. The Morgan fingerprint density at radius 2 is 1.32 bits per heavy atom. The minimum absolute atomic E-state index is 0.147. The van der Waals surface area contributed by atoms with E-state index in [1.165, 1.54) is 0 Å². The maximum absolute atomic E-state index is 12.4. The Labute approximate surface area is 133 Å². The number of rotatable bonds is 7. The van der Waals surface area contributed by atoms with Crippen LogP contribution in [0.4, 0.5) is 0 Å². The second kappa shape index (κ2) is 5.66. The fraction of sp³-hybridized carbons (Fsp3) is 0.750. The number of amides is 2. The van der Waals surface area contributed by atoms with Gasteiger partial charge in [0.25, 0.3) is 11.8 Å². The topological polar surface area (TPSA) is 40.6 Å². The van der Waals surface area contributed by atoms with Gasteiger partial charge < -0.3 is 9.80 Å². The predicted molar refractivity (Wildman–Crippen MR) is 84.6 cm³/mol. The molecule has 0 radical (unpaired) electrons. The molecule has 1 saturated heterocycles. The van der Waals surface area contributed by atoms with Gasteiger partial charge in [-0.2, -0.15) is 0 Å². The molecule has 2 unspecified atom stereocenters. The quantitative estimate of drug-likeness (QED) is 0.519. The molecule has 2 rings (SSSR count). The van der Waals surface area contributed by atoms with Gasteiger partial charge in [0.05, 0.1) is 5.92 Å². The molecular formula is C16H30N4O2+2. The second-order valence-corrected chi connectivity index (χ2v) is 6.86. The van der Waals surface area contributed by atoms with Gasteiger partial charge in [0.15, 0.2) is 0 Å². The van der Waals surface area contributed by atoms with Crippen LogP contribution in [-0.4, -0.2) is 77.2 Å². The molecule has 0 spiro atoms. The van der Waals surface area contributed by atoms with Crippen molar-refractivity contribution >= 4 is 11.8 Å². The monoisotopic (exact) mass is 310 g/mol. The predicted octanol–water partition coefficient (Wildman–Crippen LogP) is 0.972. The molecule has 0 aromatic rings. The van der Waals surface area contributed by atoms with E-state index in [1.807, 2.05) is 27.9 Å². The summed E-state index contributed by atoms with van der Waals surface area (Å²) >= 11 is 0. The van der Waals surface area contributed by atoms with Crippen LogP contribution in [0.5, 0.6) is 0 Å². The Morgan fingerprint density at radius 3 is 1.55 bits per heavy atom. The number of likely N-dealkylation sites (N-methyl/N-ethyl adjacent to an activating group) is 2. The lowest BCUT2D eigenvalue weighted by Crippen LogP contribution is -2.52. The molecule has 0 aromatic heterocycles. The van der Waals surface area contributed by atoms with Crippen molar-refractivity contribution in [3.05, 3.63) is 12.4 Å². The van der Waals surface area contributed by atoms with Crippen LogP contribution >= 0.6 is 0 Å². The summed E-state index contributed by atoms with van der Waals surface area (Å²) in [6.07, 6.45) is 4.50. The summed E-state index contributed by atoms with van der Waals surface area (Å²) in [7, 11) is 3.67. The fourth-order valence-corrected chi connectivity index (χ4v) is 3.73. The molecule has 124 valence electrons. The smallest absolute Gasteiger partial charge is 0.315 e.